The molecule has 0 atom stereocenters. The van der Waals surface area contributed by atoms with Crippen LogP contribution in [0.2, 0.25) is 10.0 Å². The van der Waals surface area contributed by atoms with Crippen molar-refractivity contribution in [2.75, 3.05) is 29.9 Å². The molecule has 1 N–H and O–H groups in total. The smallest absolute Gasteiger partial charge is 0.262 e. The van der Waals surface area contributed by atoms with Gasteiger partial charge in [-0.05, 0) is 55.7 Å². The summed E-state index contributed by atoms with van der Waals surface area (Å²) >= 11 is 12.0. The lowest BCUT2D eigenvalue weighted by molar-refractivity contribution is -0.118. The van der Waals surface area contributed by atoms with E-state index in [4.69, 9.17) is 27.9 Å². The summed E-state index contributed by atoms with van der Waals surface area (Å²) in [4.78, 5) is 14.6. The van der Waals surface area contributed by atoms with Gasteiger partial charge in [-0.1, -0.05) is 41.4 Å². The summed E-state index contributed by atoms with van der Waals surface area (Å²) in [6, 6.07) is 16.4. The number of hydrogen-bond donors (Lipinski definition) is 1. The molecule has 0 saturated carbocycles. The largest absolute Gasteiger partial charge is 0.482 e. The van der Waals surface area contributed by atoms with Gasteiger partial charge in [0.05, 0.1) is 10.7 Å². The molecule has 1 aromatic heterocycles. The highest BCUT2D eigenvalue weighted by molar-refractivity contribution is 6.42. The van der Waals surface area contributed by atoms with E-state index in [0.29, 0.717) is 16.5 Å². The van der Waals surface area contributed by atoms with Crippen LogP contribution in [0.5, 0.6) is 5.75 Å². The molecule has 1 aliphatic rings. The minimum absolute atomic E-state index is 0.186. The van der Waals surface area contributed by atoms with E-state index in [1.165, 1.54) is 19.3 Å². The first-order valence-electron chi connectivity index (χ1n) is 10.2. The van der Waals surface area contributed by atoms with Crippen LogP contribution < -0.4 is 15.0 Å². The summed E-state index contributed by atoms with van der Waals surface area (Å²) in [5, 5.41) is 12.3. The lowest BCUT2D eigenvalue weighted by Gasteiger charge is -2.27. The SMILES string of the molecule is O=C(COc1cccc(Cl)c1Cl)Nc1cccc(-c2ccc(N3CCCCC3)nn2)c1. The molecule has 0 bridgehead atoms. The topological polar surface area (TPSA) is 67.3 Å². The number of rotatable bonds is 6. The van der Waals surface area contributed by atoms with Gasteiger partial charge >= 0.3 is 0 Å². The second kappa shape index (κ2) is 9.98. The Morgan fingerprint density at radius 1 is 1.00 bits per heavy atom. The first kappa shape index (κ1) is 21.4. The van der Waals surface area contributed by atoms with Crippen LogP contribution >= 0.6 is 23.2 Å². The summed E-state index contributed by atoms with van der Waals surface area (Å²) in [6.07, 6.45) is 3.66. The average molecular weight is 457 g/mol. The normalized spacial score (nSPS) is 13.7. The van der Waals surface area contributed by atoms with Gasteiger partial charge in [-0.15, -0.1) is 10.2 Å². The van der Waals surface area contributed by atoms with Crippen molar-refractivity contribution >= 4 is 40.6 Å². The van der Waals surface area contributed by atoms with Gasteiger partial charge in [-0.2, -0.15) is 0 Å². The Kier molecular flexibility index (Phi) is 6.89. The Hall–Kier alpha value is -2.83. The number of aromatic nitrogens is 2. The van der Waals surface area contributed by atoms with E-state index in [9.17, 15) is 4.79 Å². The number of halogens is 2. The van der Waals surface area contributed by atoms with Gasteiger partial charge in [-0.25, -0.2) is 0 Å². The molecule has 6 nitrogen and oxygen atoms in total. The first-order valence-corrected chi connectivity index (χ1v) is 10.9. The van der Waals surface area contributed by atoms with Crippen molar-refractivity contribution in [3.8, 4) is 17.0 Å². The van der Waals surface area contributed by atoms with Crippen LogP contribution in [-0.2, 0) is 4.79 Å². The van der Waals surface area contributed by atoms with Crippen LogP contribution in [-0.4, -0.2) is 35.8 Å². The fraction of sp³-hybridized carbons (Fsp3) is 0.261. The predicted octanol–water partition coefficient (Wildman–Crippen LogP) is 5.46. The summed E-state index contributed by atoms with van der Waals surface area (Å²) in [6.45, 7) is 1.87. The fourth-order valence-electron chi connectivity index (χ4n) is 3.46. The van der Waals surface area contributed by atoms with Gasteiger partial charge in [0.15, 0.2) is 12.4 Å². The van der Waals surface area contributed by atoms with Gasteiger partial charge in [0.25, 0.3) is 5.91 Å². The molecule has 4 rings (SSSR count). The number of carbonyl (C=O) groups excluding carboxylic acids is 1. The number of nitrogens with zero attached hydrogens (tertiary/aromatic N) is 3. The highest BCUT2D eigenvalue weighted by atomic mass is 35.5. The molecule has 0 aliphatic carbocycles. The quantitative estimate of drug-likeness (QED) is 0.533. The van der Waals surface area contributed by atoms with Gasteiger partial charge in [-0.3, -0.25) is 4.79 Å². The molecule has 8 heteroatoms. The molecule has 2 heterocycles. The van der Waals surface area contributed by atoms with Gasteiger partial charge in [0, 0.05) is 24.3 Å². The summed E-state index contributed by atoms with van der Waals surface area (Å²) in [7, 11) is 0. The van der Waals surface area contributed by atoms with Crippen molar-refractivity contribution in [3.05, 3.63) is 64.6 Å². The summed E-state index contributed by atoms with van der Waals surface area (Å²) in [5.74, 6) is 0.964. The second-order valence-corrected chi connectivity index (χ2v) is 8.08. The van der Waals surface area contributed by atoms with Crippen molar-refractivity contribution in [1.29, 1.82) is 0 Å². The first-order chi connectivity index (χ1) is 15.1. The third-order valence-corrected chi connectivity index (χ3v) is 5.85. The van der Waals surface area contributed by atoms with Gasteiger partial charge in [0.2, 0.25) is 0 Å². The van der Waals surface area contributed by atoms with Gasteiger partial charge in [0.1, 0.15) is 10.8 Å². The fourth-order valence-corrected chi connectivity index (χ4v) is 3.81. The molecular formula is C23H22Cl2N4O2. The number of hydrogen-bond acceptors (Lipinski definition) is 5. The molecule has 0 spiro atoms. The maximum Gasteiger partial charge on any atom is 0.262 e. The number of ether oxygens (including phenoxy) is 1. The molecule has 0 radical (unpaired) electrons. The van der Waals surface area contributed by atoms with E-state index in [-0.39, 0.29) is 17.5 Å². The minimum atomic E-state index is -0.306. The highest BCUT2D eigenvalue weighted by Gasteiger charge is 2.13. The molecule has 31 heavy (non-hydrogen) atoms. The second-order valence-electron chi connectivity index (χ2n) is 7.29. The van der Waals surface area contributed by atoms with Crippen LogP contribution in [0, 0.1) is 0 Å². The van der Waals surface area contributed by atoms with Crippen molar-refractivity contribution in [3.63, 3.8) is 0 Å². The molecule has 1 saturated heterocycles. The zero-order valence-corrected chi connectivity index (χ0v) is 18.4. The average Bonchev–Trinajstić information content (AvgIpc) is 2.81. The Labute approximate surface area is 191 Å². The molecule has 2 aromatic carbocycles. The zero-order valence-electron chi connectivity index (χ0n) is 16.9. The Bertz CT molecular complexity index is 1050. The Morgan fingerprint density at radius 2 is 1.81 bits per heavy atom. The standard InChI is InChI=1S/C23H22Cl2N4O2/c24-18-8-5-9-20(23(18)25)31-15-22(30)26-17-7-4-6-16(14-17)19-10-11-21(28-27-19)29-12-2-1-3-13-29/h4-11,14H,1-3,12-13,15H2,(H,26,30). The van der Waals surface area contributed by atoms with Crippen molar-refractivity contribution in [1.82, 2.24) is 10.2 Å². The Balaban J connectivity index is 1.38. The zero-order chi connectivity index (χ0) is 21.6. The van der Waals surface area contributed by atoms with E-state index in [2.05, 4.69) is 20.4 Å². The molecule has 1 aliphatic heterocycles. The third-order valence-electron chi connectivity index (χ3n) is 5.05. The van der Waals surface area contributed by atoms with Crippen LogP contribution in [0.15, 0.2) is 54.6 Å². The lowest BCUT2D eigenvalue weighted by atomic mass is 10.1. The van der Waals surface area contributed by atoms with Gasteiger partial charge < -0.3 is 15.0 Å². The lowest BCUT2D eigenvalue weighted by Crippen LogP contribution is -2.30. The van der Waals surface area contributed by atoms with E-state index in [1.54, 1.807) is 18.2 Å². The van der Waals surface area contributed by atoms with Crippen LogP contribution in [0.4, 0.5) is 11.5 Å². The number of piperidine rings is 1. The predicted molar refractivity (Wildman–Crippen MR) is 124 cm³/mol. The van der Waals surface area contributed by atoms with E-state index in [1.807, 2.05) is 36.4 Å². The highest BCUT2D eigenvalue weighted by Crippen LogP contribution is 2.31. The summed E-state index contributed by atoms with van der Waals surface area (Å²) < 4.78 is 5.48. The maximum absolute atomic E-state index is 12.3. The third kappa shape index (κ3) is 5.46. The Morgan fingerprint density at radius 3 is 2.58 bits per heavy atom. The molecular weight excluding hydrogens is 435 g/mol. The molecule has 0 unspecified atom stereocenters. The molecule has 160 valence electrons. The van der Waals surface area contributed by atoms with Crippen molar-refractivity contribution in [2.45, 2.75) is 19.3 Å². The van der Waals surface area contributed by atoms with Crippen molar-refractivity contribution in [2.24, 2.45) is 0 Å². The van der Waals surface area contributed by atoms with Crippen molar-refractivity contribution < 1.29 is 9.53 Å². The monoisotopic (exact) mass is 456 g/mol. The molecule has 3 aromatic rings. The van der Waals surface area contributed by atoms with E-state index >= 15 is 0 Å². The molecule has 1 fully saturated rings. The van der Waals surface area contributed by atoms with Crippen LogP contribution in [0.1, 0.15) is 19.3 Å². The molecule has 1 amide bonds. The number of carbonyl (C=O) groups is 1. The number of anilines is 2. The van der Waals surface area contributed by atoms with Crippen LogP contribution in [0.3, 0.4) is 0 Å². The number of amides is 1. The summed E-state index contributed by atoms with van der Waals surface area (Å²) in [5.41, 5.74) is 2.26. The maximum atomic E-state index is 12.3. The number of benzene rings is 2. The van der Waals surface area contributed by atoms with E-state index in [0.717, 1.165) is 30.2 Å². The number of nitrogens with one attached hydrogen (secondary N) is 1. The minimum Gasteiger partial charge on any atom is -0.482 e. The van der Waals surface area contributed by atoms with E-state index < -0.39 is 0 Å². The van der Waals surface area contributed by atoms with Crippen LogP contribution in [0.25, 0.3) is 11.3 Å².